The molecule has 0 bridgehead atoms. The molecular formula is C34H36Cl2FN3O6. The molecule has 3 aromatic rings. The highest BCUT2D eigenvalue weighted by atomic mass is 35.5. The maximum atomic E-state index is 15.6. The van der Waals surface area contributed by atoms with Crippen LogP contribution in [0.1, 0.15) is 59.4 Å². The Balaban J connectivity index is 1.28. The van der Waals surface area contributed by atoms with Gasteiger partial charge in [0, 0.05) is 48.6 Å². The molecule has 46 heavy (non-hydrogen) atoms. The van der Waals surface area contributed by atoms with E-state index < -0.39 is 17.7 Å². The Hall–Kier alpha value is -3.57. The predicted molar refractivity (Wildman–Crippen MR) is 175 cm³/mol. The first kappa shape index (κ1) is 32.4. The number of aromatic carboxylic acids is 1. The van der Waals surface area contributed by atoms with Crippen molar-refractivity contribution in [2.24, 2.45) is 0 Å². The zero-order valence-electron chi connectivity index (χ0n) is 25.9. The third-order valence-corrected chi connectivity index (χ3v) is 10.2. The van der Waals surface area contributed by atoms with Gasteiger partial charge in [-0.2, -0.15) is 0 Å². The number of benzene rings is 3. The topological polar surface area (TPSA) is 103 Å². The van der Waals surface area contributed by atoms with E-state index in [2.05, 4.69) is 11.8 Å². The van der Waals surface area contributed by atoms with Gasteiger partial charge in [-0.1, -0.05) is 48.3 Å². The average Bonchev–Trinajstić information content (AvgIpc) is 3.40. The molecule has 12 heteroatoms. The van der Waals surface area contributed by atoms with Gasteiger partial charge in [-0.15, -0.1) is 0 Å². The van der Waals surface area contributed by atoms with Crippen LogP contribution < -0.4 is 14.5 Å². The summed E-state index contributed by atoms with van der Waals surface area (Å²) in [7, 11) is 1.70. The van der Waals surface area contributed by atoms with Crippen LogP contribution in [-0.4, -0.2) is 78.2 Å². The van der Waals surface area contributed by atoms with Gasteiger partial charge in [0.1, 0.15) is 17.2 Å². The predicted octanol–water partition coefficient (Wildman–Crippen LogP) is 6.45. The van der Waals surface area contributed by atoms with Crippen LogP contribution >= 0.6 is 23.2 Å². The number of para-hydroxylation sites is 1. The summed E-state index contributed by atoms with van der Waals surface area (Å²) >= 11 is 13.3. The Bertz CT molecular complexity index is 1670. The van der Waals surface area contributed by atoms with E-state index in [-0.39, 0.29) is 64.3 Å². The lowest BCUT2D eigenvalue weighted by Crippen LogP contribution is -2.62. The van der Waals surface area contributed by atoms with Gasteiger partial charge in [-0.25, -0.2) is 9.18 Å². The smallest absolute Gasteiger partial charge is 0.337 e. The van der Waals surface area contributed by atoms with E-state index in [0.717, 1.165) is 24.6 Å². The number of carboxylic acids is 1. The van der Waals surface area contributed by atoms with Gasteiger partial charge < -0.3 is 34.4 Å². The van der Waals surface area contributed by atoms with E-state index in [1.54, 1.807) is 37.4 Å². The second kappa shape index (κ2) is 12.6. The summed E-state index contributed by atoms with van der Waals surface area (Å²) in [5.41, 5.74) is 2.18. The minimum atomic E-state index is -1.25. The van der Waals surface area contributed by atoms with Crippen LogP contribution in [0.3, 0.4) is 0 Å². The minimum Gasteiger partial charge on any atom is -0.478 e. The highest BCUT2D eigenvalue weighted by Crippen LogP contribution is 2.43. The van der Waals surface area contributed by atoms with Crippen molar-refractivity contribution in [1.82, 2.24) is 4.90 Å². The molecule has 3 aromatic carbocycles. The number of anilines is 2. The first-order valence-electron chi connectivity index (χ1n) is 15.3. The quantitative estimate of drug-likeness (QED) is 0.282. The number of ether oxygens (including phenoxy) is 2. The molecule has 1 amide bonds. The lowest BCUT2D eigenvalue weighted by molar-refractivity contribution is -0.0357. The van der Waals surface area contributed by atoms with E-state index in [0.29, 0.717) is 42.1 Å². The normalized spacial score (nSPS) is 20.3. The molecule has 0 aliphatic carbocycles. The number of rotatable bonds is 8. The van der Waals surface area contributed by atoms with Gasteiger partial charge in [-0.05, 0) is 50.5 Å². The summed E-state index contributed by atoms with van der Waals surface area (Å²) in [4.78, 5) is 31.3. The monoisotopic (exact) mass is 671 g/mol. The Kier molecular flexibility index (Phi) is 8.84. The number of carbonyl (C=O) groups is 2. The Morgan fingerprint density at radius 2 is 1.83 bits per heavy atom. The van der Waals surface area contributed by atoms with E-state index in [4.69, 9.17) is 32.7 Å². The molecule has 244 valence electrons. The molecule has 2 saturated heterocycles. The van der Waals surface area contributed by atoms with Crippen molar-refractivity contribution >= 4 is 46.5 Å². The number of fused-ring (bicyclic) bond motifs is 1. The lowest BCUT2D eigenvalue weighted by atomic mass is 9.90. The second-order valence-electron chi connectivity index (χ2n) is 12.3. The molecule has 6 rings (SSSR count). The molecule has 2 fully saturated rings. The third kappa shape index (κ3) is 5.55. The summed E-state index contributed by atoms with van der Waals surface area (Å²) in [5.74, 6) is -1.98. The largest absolute Gasteiger partial charge is 0.478 e. The van der Waals surface area contributed by atoms with E-state index in [1.165, 1.54) is 11.0 Å². The van der Waals surface area contributed by atoms with E-state index >= 15 is 4.39 Å². The molecule has 0 aromatic heterocycles. The van der Waals surface area contributed by atoms with Crippen LogP contribution in [0.2, 0.25) is 10.0 Å². The maximum absolute atomic E-state index is 15.6. The number of halogens is 3. The zero-order valence-corrected chi connectivity index (χ0v) is 27.4. The Morgan fingerprint density at radius 1 is 1.11 bits per heavy atom. The summed E-state index contributed by atoms with van der Waals surface area (Å²) < 4.78 is 27.4. The summed E-state index contributed by atoms with van der Waals surface area (Å²) in [6.07, 6.45) is 2.34. The molecular weight excluding hydrogens is 636 g/mol. The lowest BCUT2D eigenvalue weighted by Gasteiger charge is -2.50. The number of amides is 1. The highest BCUT2D eigenvalue weighted by molar-refractivity contribution is 6.40. The number of hydrogen-bond acceptors (Lipinski definition) is 7. The van der Waals surface area contributed by atoms with Gasteiger partial charge in [-0.3, -0.25) is 4.79 Å². The zero-order chi connectivity index (χ0) is 32.9. The van der Waals surface area contributed by atoms with Crippen LogP contribution in [-0.2, 0) is 11.3 Å². The van der Waals surface area contributed by atoms with Crippen molar-refractivity contribution in [3.05, 3.63) is 75.0 Å². The number of methoxy groups -OCH3 is 1. The van der Waals surface area contributed by atoms with Gasteiger partial charge >= 0.3 is 5.97 Å². The number of hydrogen-bond donors (Lipinski definition) is 2. The van der Waals surface area contributed by atoms with Crippen molar-refractivity contribution in [2.75, 3.05) is 43.3 Å². The van der Waals surface area contributed by atoms with Crippen LogP contribution in [0.4, 0.5) is 15.8 Å². The minimum absolute atomic E-state index is 0.0389. The Labute approximate surface area is 277 Å². The summed E-state index contributed by atoms with van der Waals surface area (Å²) in [6, 6.07) is 10.9. The van der Waals surface area contributed by atoms with Crippen molar-refractivity contribution in [3.8, 4) is 16.9 Å². The van der Waals surface area contributed by atoms with Gasteiger partial charge in [0.2, 0.25) is 0 Å². The first-order valence-corrected chi connectivity index (χ1v) is 16.1. The molecule has 3 heterocycles. The molecule has 9 nitrogen and oxygen atoms in total. The van der Waals surface area contributed by atoms with Crippen molar-refractivity contribution in [2.45, 2.75) is 57.3 Å². The maximum Gasteiger partial charge on any atom is 0.337 e. The number of carboxylic acid groups (broad SMARTS) is 1. The molecule has 0 radical (unpaired) electrons. The van der Waals surface area contributed by atoms with Crippen molar-refractivity contribution < 1.29 is 33.7 Å². The standard InChI is InChI=1S/C34H36Cl2FN3O6/c1-4-34(45-3)16-39(17-34)22-10-26(35)30(27(36)11-22)32(42)38-14-20-6-5-7-23(31(20)46-18-38)24-13-29(25(33(43)44)12-28(24)37)40-19(2)8-9-21(40)15-41/h5-7,10-13,19,21,41H,4,8-9,14-18H2,1-3H3,(H,43,44). The van der Waals surface area contributed by atoms with Crippen LogP contribution in [0, 0.1) is 5.82 Å². The summed E-state index contributed by atoms with van der Waals surface area (Å²) in [5, 5.41) is 20.4. The van der Waals surface area contributed by atoms with Crippen LogP contribution in [0.25, 0.3) is 11.1 Å². The fraction of sp³-hybridized carbons (Fsp3) is 0.412. The van der Waals surface area contributed by atoms with Gasteiger partial charge in [0.05, 0.1) is 46.1 Å². The van der Waals surface area contributed by atoms with E-state index in [1.807, 2.05) is 11.8 Å². The molecule has 2 N–H and O–H groups in total. The number of nitrogens with zero attached hydrogens (tertiary/aromatic N) is 3. The Morgan fingerprint density at radius 3 is 2.46 bits per heavy atom. The fourth-order valence-corrected chi connectivity index (χ4v) is 7.53. The van der Waals surface area contributed by atoms with E-state index in [9.17, 15) is 19.8 Å². The van der Waals surface area contributed by atoms with Gasteiger partial charge in [0.15, 0.2) is 6.73 Å². The molecule has 3 aliphatic heterocycles. The molecule has 0 spiro atoms. The number of aliphatic hydroxyl groups is 1. The van der Waals surface area contributed by atoms with Crippen molar-refractivity contribution in [1.29, 1.82) is 0 Å². The SMILES string of the molecule is CCC1(OC)CN(c2cc(Cl)c(C(=O)N3COc4c(cccc4-c4cc(N5C(C)CCC5CO)c(C(=O)O)cc4F)C3)c(Cl)c2)C1. The van der Waals surface area contributed by atoms with Crippen LogP contribution in [0.5, 0.6) is 5.75 Å². The fourth-order valence-electron chi connectivity index (χ4n) is 6.89. The van der Waals surface area contributed by atoms with Gasteiger partial charge in [0.25, 0.3) is 5.91 Å². The van der Waals surface area contributed by atoms with Crippen molar-refractivity contribution in [3.63, 3.8) is 0 Å². The third-order valence-electron chi connectivity index (χ3n) is 9.63. The number of aliphatic hydroxyl groups excluding tert-OH is 1. The molecule has 3 aliphatic rings. The first-order chi connectivity index (χ1) is 22.0. The number of carbonyl (C=O) groups excluding carboxylic acids is 1. The molecule has 0 saturated carbocycles. The van der Waals surface area contributed by atoms with Crippen LogP contribution in [0.15, 0.2) is 42.5 Å². The average molecular weight is 673 g/mol. The molecule has 2 unspecified atom stereocenters. The molecule has 2 atom stereocenters. The second-order valence-corrected chi connectivity index (χ2v) is 13.1. The highest BCUT2D eigenvalue weighted by Gasteiger charge is 2.42. The summed E-state index contributed by atoms with van der Waals surface area (Å²) in [6.45, 7) is 5.30.